The van der Waals surface area contributed by atoms with Gasteiger partial charge < -0.3 is 4.90 Å². The Morgan fingerprint density at radius 1 is 0.938 bits per heavy atom. The van der Waals surface area contributed by atoms with Crippen LogP contribution in [0.4, 0.5) is 4.39 Å². The lowest BCUT2D eigenvalue weighted by Crippen LogP contribution is -2.57. The molecule has 7 heteroatoms. The summed E-state index contributed by atoms with van der Waals surface area (Å²) >= 11 is 0. The van der Waals surface area contributed by atoms with Crippen LogP contribution < -0.4 is 0 Å². The number of amides is 3. The summed E-state index contributed by atoms with van der Waals surface area (Å²) in [7, 11) is 0. The quantitative estimate of drug-likeness (QED) is 0.652. The van der Waals surface area contributed by atoms with E-state index >= 15 is 0 Å². The number of nitrogens with zero attached hydrogens (tertiary/aromatic N) is 3. The molecule has 4 rings (SSSR count). The minimum absolute atomic E-state index is 0.151. The Morgan fingerprint density at radius 3 is 2.03 bits per heavy atom. The van der Waals surface area contributed by atoms with Gasteiger partial charge in [-0.2, -0.15) is 0 Å². The van der Waals surface area contributed by atoms with Crippen molar-refractivity contribution in [3.8, 4) is 0 Å². The van der Waals surface area contributed by atoms with Gasteiger partial charge in [0.1, 0.15) is 11.9 Å². The normalized spacial score (nSPS) is 18.6. The number of hydrogen-bond acceptors (Lipinski definition) is 4. The van der Waals surface area contributed by atoms with E-state index in [0.717, 1.165) is 5.56 Å². The number of rotatable bonds is 6. The van der Waals surface area contributed by atoms with Gasteiger partial charge in [-0.3, -0.25) is 24.2 Å². The van der Waals surface area contributed by atoms with Gasteiger partial charge in [-0.15, -0.1) is 0 Å². The molecule has 2 aromatic rings. The van der Waals surface area contributed by atoms with E-state index in [4.69, 9.17) is 0 Å². The molecule has 32 heavy (non-hydrogen) atoms. The van der Waals surface area contributed by atoms with Crippen LogP contribution in [-0.2, 0) is 11.3 Å². The first-order chi connectivity index (χ1) is 15.4. The molecule has 0 aromatic heterocycles. The van der Waals surface area contributed by atoms with E-state index in [1.807, 2.05) is 13.8 Å². The molecule has 168 valence electrons. The second-order valence-corrected chi connectivity index (χ2v) is 8.58. The number of hydrogen-bond donors (Lipinski definition) is 0. The lowest BCUT2D eigenvalue weighted by molar-refractivity contribution is -0.139. The molecule has 1 saturated heterocycles. The summed E-state index contributed by atoms with van der Waals surface area (Å²) in [6.45, 7) is 6.97. The highest BCUT2D eigenvalue weighted by Crippen LogP contribution is 2.29. The van der Waals surface area contributed by atoms with E-state index in [1.165, 1.54) is 17.0 Å². The fourth-order valence-corrected chi connectivity index (χ4v) is 4.45. The Morgan fingerprint density at radius 2 is 1.50 bits per heavy atom. The lowest BCUT2D eigenvalue weighted by Gasteiger charge is -2.39. The predicted octanol–water partition coefficient (Wildman–Crippen LogP) is 3.18. The molecule has 0 spiro atoms. The van der Waals surface area contributed by atoms with Gasteiger partial charge in [0.25, 0.3) is 11.8 Å². The summed E-state index contributed by atoms with van der Waals surface area (Å²) in [6.07, 6.45) is 0.675. The highest BCUT2D eigenvalue weighted by molar-refractivity contribution is 6.22. The van der Waals surface area contributed by atoms with Crippen molar-refractivity contribution in [2.24, 2.45) is 5.92 Å². The van der Waals surface area contributed by atoms with Crippen LogP contribution >= 0.6 is 0 Å². The summed E-state index contributed by atoms with van der Waals surface area (Å²) in [5, 5.41) is 0. The molecule has 2 atom stereocenters. The number of halogens is 1. The average Bonchev–Trinajstić information content (AvgIpc) is 3.06. The van der Waals surface area contributed by atoms with E-state index < -0.39 is 6.04 Å². The summed E-state index contributed by atoms with van der Waals surface area (Å²) in [6, 6.07) is 12.4. The molecular weight excluding hydrogens is 409 g/mol. The van der Waals surface area contributed by atoms with Crippen molar-refractivity contribution < 1.29 is 18.8 Å². The van der Waals surface area contributed by atoms with E-state index in [1.54, 1.807) is 41.3 Å². The molecule has 2 heterocycles. The third-order valence-corrected chi connectivity index (χ3v) is 6.54. The zero-order valence-corrected chi connectivity index (χ0v) is 18.5. The molecule has 0 radical (unpaired) electrons. The molecule has 2 aliphatic heterocycles. The largest absolute Gasteiger partial charge is 0.338 e. The summed E-state index contributed by atoms with van der Waals surface area (Å²) in [5.74, 6) is -1.36. The number of fused-ring (bicyclic) bond motifs is 1. The van der Waals surface area contributed by atoms with E-state index in [0.29, 0.717) is 50.3 Å². The number of benzene rings is 2. The van der Waals surface area contributed by atoms with Crippen LogP contribution in [0.15, 0.2) is 48.5 Å². The van der Waals surface area contributed by atoms with Gasteiger partial charge in [0, 0.05) is 32.7 Å². The topological polar surface area (TPSA) is 60.9 Å². The maximum absolute atomic E-state index is 13.5. The third kappa shape index (κ3) is 4.17. The molecular formula is C25H28FN3O3. The summed E-state index contributed by atoms with van der Waals surface area (Å²) in [5.41, 5.74) is 1.75. The summed E-state index contributed by atoms with van der Waals surface area (Å²) in [4.78, 5) is 44.8. The van der Waals surface area contributed by atoms with Crippen LogP contribution in [0.3, 0.4) is 0 Å². The molecule has 2 aliphatic rings. The van der Waals surface area contributed by atoms with E-state index in [-0.39, 0.29) is 29.5 Å². The SMILES string of the molecule is CC[C@H](C)[C@@H](C(=O)N1CCN(Cc2ccc(F)cc2)CC1)N1C(=O)c2ccccc2C1=O. The first kappa shape index (κ1) is 22.1. The Bertz CT molecular complexity index is 980. The zero-order valence-electron chi connectivity index (χ0n) is 18.5. The maximum Gasteiger partial charge on any atom is 0.262 e. The van der Waals surface area contributed by atoms with Crippen molar-refractivity contribution >= 4 is 17.7 Å². The van der Waals surface area contributed by atoms with Crippen molar-refractivity contribution in [3.63, 3.8) is 0 Å². The van der Waals surface area contributed by atoms with Gasteiger partial charge in [0.2, 0.25) is 5.91 Å². The molecule has 0 bridgehead atoms. The van der Waals surface area contributed by atoms with E-state index in [2.05, 4.69) is 4.90 Å². The smallest absolute Gasteiger partial charge is 0.262 e. The Hall–Kier alpha value is -3.06. The van der Waals surface area contributed by atoms with Crippen LogP contribution in [0, 0.1) is 11.7 Å². The lowest BCUT2D eigenvalue weighted by atomic mass is 9.95. The Balaban J connectivity index is 1.46. The standard InChI is InChI=1S/C25H28FN3O3/c1-3-17(2)22(29-23(30)20-6-4-5-7-21(20)24(29)31)25(32)28-14-12-27(13-15-28)16-18-8-10-19(26)11-9-18/h4-11,17,22H,3,12-16H2,1-2H3/t17-,22-/m0/s1. The molecule has 0 unspecified atom stereocenters. The Labute approximate surface area is 187 Å². The first-order valence-corrected chi connectivity index (χ1v) is 11.1. The second kappa shape index (κ2) is 9.20. The van der Waals surface area contributed by atoms with Gasteiger partial charge >= 0.3 is 0 Å². The predicted molar refractivity (Wildman–Crippen MR) is 118 cm³/mol. The number of imide groups is 1. The van der Waals surface area contributed by atoms with Crippen molar-refractivity contribution in [1.29, 1.82) is 0 Å². The Kier molecular flexibility index (Phi) is 6.37. The molecule has 0 N–H and O–H groups in total. The van der Waals surface area contributed by atoms with Crippen molar-refractivity contribution in [3.05, 3.63) is 71.0 Å². The van der Waals surface area contributed by atoms with Gasteiger partial charge in [-0.25, -0.2) is 4.39 Å². The number of carbonyl (C=O) groups is 3. The van der Waals surface area contributed by atoms with Gasteiger partial charge in [0.15, 0.2) is 0 Å². The van der Waals surface area contributed by atoms with Crippen LogP contribution in [0.25, 0.3) is 0 Å². The molecule has 3 amide bonds. The zero-order chi connectivity index (χ0) is 22.8. The maximum atomic E-state index is 13.5. The number of carbonyl (C=O) groups excluding carboxylic acids is 3. The molecule has 0 aliphatic carbocycles. The minimum Gasteiger partial charge on any atom is -0.338 e. The second-order valence-electron chi connectivity index (χ2n) is 8.58. The van der Waals surface area contributed by atoms with Gasteiger partial charge in [-0.05, 0) is 35.7 Å². The van der Waals surface area contributed by atoms with Crippen LogP contribution in [0.1, 0.15) is 46.5 Å². The molecule has 6 nitrogen and oxygen atoms in total. The van der Waals surface area contributed by atoms with E-state index in [9.17, 15) is 18.8 Å². The summed E-state index contributed by atoms with van der Waals surface area (Å²) < 4.78 is 13.1. The van der Waals surface area contributed by atoms with Crippen molar-refractivity contribution in [1.82, 2.24) is 14.7 Å². The van der Waals surface area contributed by atoms with Gasteiger partial charge in [-0.1, -0.05) is 44.5 Å². The third-order valence-electron chi connectivity index (χ3n) is 6.54. The highest BCUT2D eigenvalue weighted by atomic mass is 19.1. The van der Waals surface area contributed by atoms with Crippen LogP contribution in [0.2, 0.25) is 0 Å². The average molecular weight is 438 g/mol. The molecule has 2 aromatic carbocycles. The van der Waals surface area contributed by atoms with Gasteiger partial charge in [0.05, 0.1) is 11.1 Å². The highest BCUT2D eigenvalue weighted by Gasteiger charge is 2.45. The van der Waals surface area contributed by atoms with Crippen molar-refractivity contribution in [2.45, 2.75) is 32.9 Å². The van der Waals surface area contributed by atoms with Crippen LogP contribution in [0.5, 0.6) is 0 Å². The van der Waals surface area contributed by atoms with Crippen molar-refractivity contribution in [2.75, 3.05) is 26.2 Å². The number of piperazine rings is 1. The van der Waals surface area contributed by atoms with Crippen LogP contribution in [-0.4, -0.2) is 64.6 Å². The molecule has 1 fully saturated rings. The first-order valence-electron chi connectivity index (χ1n) is 11.1. The molecule has 0 saturated carbocycles. The fourth-order valence-electron chi connectivity index (χ4n) is 4.45. The minimum atomic E-state index is -0.809. The monoisotopic (exact) mass is 437 g/mol. The fraction of sp³-hybridized carbons (Fsp3) is 0.400.